The molecule has 2 N–H and O–H groups in total. The van der Waals surface area contributed by atoms with E-state index in [9.17, 15) is 0 Å². The van der Waals surface area contributed by atoms with Gasteiger partial charge in [0.05, 0.1) is 0 Å². The van der Waals surface area contributed by atoms with E-state index in [0.717, 1.165) is 19.5 Å². The summed E-state index contributed by atoms with van der Waals surface area (Å²) < 4.78 is 0. The van der Waals surface area contributed by atoms with Gasteiger partial charge in [-0.25, -0.2) is 0 Å². The molecular weight excluding hydrogens is 208 g/mol. The van der Waals surface area contributed by atoms with Crippen molar-refractivity contribution in [2.24, 2.45) is 11.1 Å². The molecule has 1 saturated heterocycles. The summed E-state index contributed by atoms with van der Waals surface area (Å²) in [5.74, 6) is 0. The minimum absolute atomic E-state index is 0.350. The average Bonchev–Trinajstić information content (AvgIpc) is 2.38. The van der Waals surface area contributed by atoms with Gasteiger partial charge in [0.1, 0.15) is 0 Å². The van der Waals surface area contributed by atoms with Gasteiger partial charge in [-0.05, 0) is 56.8 Å². The van der Waals surface area contributed by atoms with E-state index in [1.54, 1.807) is 0 Å². The van der Waals surface area contributed by atoms with E-state index in [1.165, 1.54) is 31.4 Å². The minimum Gasteiger partial charge on any atom is -0.330 e. The summed E-state index contributed by atoms with van der Waals surface area (Å²) in [5.41, 5.74) is 7.83. The topological polar surface area (TPSA) is 29.3 Å². The average molecular weight is 232 g/mol. The van der Waals surface area contributed by atoms with E-state index in [2.05, 4.69) is 42.3 Å². The van der Waals surface area contributed by atoms with Crippen molar-refractivity contribution in [1.82, 2.24) is 4.90 Å². The van der Waals surface area contributed by atoms with Crippen molar-refractivity contribution >= 4 is 0 Å². The van der Waals surface area contributed by atoms with Gasteiger partial charge in [0.15, 0.2) is 0 Å². The number of hydrogen-bond donors (Lipinski definition) is 1. The lowest BCUT2D eigenvalue weighted by Crippen LogP contribution is -2.45. The molecule has 2 rings (SSSR count). The van der Waals surface area contributed by atoms with Crippen molar-refractivity contribution in [2.45, 2.75) is 25.7 Å². The molecule has 0 radical (unpaired) electrons. The highest BCUT2D eigenvalue weighted by Crippen LogP contribution is 2.33. The predicted octanol–water partition coefficient (Wildman–Crippen LogP) is 2.29. The van der Waals surface area contributed by atoms with Crippen LogP contribution in [0, 0.1) is 5.41 Å². The van der Waals surface area contributed by atoms with Crippen molar-refractivity contribution in [1.29, 1.82) is 0 Å². The lowest BCUT2D eigenvalue weighted by atomic mass is 9.75. The second-order valence-electron chi connectivity index (χ2n) is 5.53. The Labute approximate surface area is 105 Å². The van der Waals surface area contributed by atoms with Crippen molar-refractivity contribution in [3.8, 4) is 0 Å². The molecule has 1 heterocycles. The molecule has 1 aliphatic rings. The fraction of sp³-hybridized carbons (Fsp3) is 0.600. The molecule has 0 saturated carbocycles. The SMILES string of the molecule is CN1CCCC(CN)(CCc2ccccc2)C1. The van der Waals surface area contributed by atoms with Crippen LogP contribution in [-0.4, -0.2) is 31.6 Å². The third-order valence-corrected chi connectivity index (χ3v) is 4.07. The first-order chi connectivity index (χ1) is 8.24. The van der Waals surface area contributed by atoms with E-state index in [-0.39, 0.29) is 0 Å². The van der Waals surface area contributed by atoms with Gasteiger partial charge in [0.25, 0.3) is 0 Å². The third-order valence-electron chi connectivity index (χ3n) is 4.07. The first kappa shape index (κ1) is 12.6. The highest BCUT2D eigenvalue weighted by atomic mass is 15.1. The highest BCUT2D eigenvalue weighted by Gasteiger charge is 2.32. The van der Waals surface area contributed by atoms with Crippen LogP contribution in [0.3, 0.4) is 0 Å². The van der Waals surface area contributed by atoms with Crippen LogP contribution in [0.2, 0.25) is 0 Å². The van der Waals surface area contributed by atoms with E-state index in [1.807, 2.05) is 0 Å². The smallest absolute Gasteiger partial charge is 0.00471 e. The summed E-state index contributed by atoms with van der Waals surface area (Å²) in [6, 6.07) is 10.8. The van der Waals surface area contributed by atoms with Crippen molar-refractivity contribution in [3.05, 3.63) is 35.9 Å². The number of piperidine rings is 1. The van der Waals surface area contributed by atoms with Crippen LogP contribution >= 0.6 is 0 Å². The monoisotopic (exact) mass is 232 g/mol. The zero-order chi connectivity index (χ0) is 12.1. The van der Waals surface area contributed by atoms with E-state index < -0.39 is 0 Å². The Bertz CT molecular complexity index is 336. The fourth-order valence-electron chi connectivity index (χ4n) is 2.98. The molecule has 1 fully saturated rings. The van der Waals surface area contributed by atoms with Gasteiger partial charge < -0.3 is 10.6 Å². The largest absolute Gasteiger partial charge is 0.330 e. The molecule has 1 aliphatic heterocycles. The van der Waals surface area contributed by atoms with E-state index in [0.29, 0.717) is 5.41 Å². The summed E-state index contributed by atoms with van der Waals surface area (Å²) >= 11 is 0. The van der Waals surface area contributed by atoms with Crippen LogP contribution in [0.15, 0.2) is 30.3 Å². The van der Waals surface area contributed by atoms with Crippen LogP contribution in [0.4, 0.5) is 0 Å². The Hall–Kier alpha value is -0.860. The lowest BCUT2D eigenvalue weighted by molar-refractivity contribution is 0.107. The Balaban J connectivity index is 1.95. The van der Waals surface area contributed by atoms with Gasteiger partial charge in [-0.1, -0.05) is 30.3 Å². The van der Waals surface area contributed by atoms with E-state index >= 15 is 0 Å². The fourth-order valence-corrected chi connectivity index (χ4v) is 2.98. The molecule has 0 bridgehead atoms. The normalized spacial score (nSPS) is 26.0. The number of aryl methyl sites for hydroxylation is 1. The number of nitrogens with two attached hydrogens (primary N) is 1. The summed E-state index contributed by atoms with van der Waals surface area (Å²) in [4.78, 5) is 2.43. The maximum Gasteiger partial charge on any atom is 0.00471 e. The molecule has 1 atom stereocenters. The van der Waals surface area contributed by atoms with Crippen molar-refractivity contribution in [3.63, 3.8) is 0 Å². The second-order valence-corrected chi connectivity index (χ2v) is 5.53. The van der Waals surface area contributed by atoms with Gasteiger partial charge in [-0.2, -0.15) is 0 Å². The zero-order valence-corrected chi connectivity index (χ0v) is 10.9. The van der Waals surface area contributed by atoms with Crippen LogP contribution in [0.1, 0.15) is 24.8 Å². The van der Waals surface area contributed by atoms with Gasteiger partial charge in [0.2, 0.25) is 0 Å². The molecule has 0 spiro atoms. The molecule has 0 aliphatic carbocycles. The molecule has 1 aromatic rings. The van der Waals surface area contributed by atoms with Gasteiger partial charge in [0, 0.05) is 6.54 Å². The summed E-state index contributed by atoms with van der Waals surface area (Å²) in [6.07, 6.45) is 4.97. The highest BCUT2D eigenvalue weighted by molar-refractivity contribution is 5.15. The van der Waals surface area contributed by atoms with Crippen molar-refractivity contribution in [2.75, 3.05) is 26.7 Å². The Morgan fingerprint density at radius 1 is 1.29 bits per heavy atom. The molecule has 94 valence electrons. The van der Waals surface area contributed by atoms with Crippen molar-refractivity contribution < 1.29 is 0 Å². The van der Waals surface area contributed by atoms with Crippen LogP contribution in [0.25, 0.3) is 0 Å². The lowest BCUT2D eigenvalue weighted by Gasteiger charge is -2.41. The Kier molecular flexibility index (Phi) is 4.19. The predicted molar refractivity (Wildman–Crippen MR) is 73.0 cm³/mol. The standard InChI is InChI=1S/C15H24N2/c1-17-11-5-9-15(12-16,13-17)10-8-14-6-3-2-4-7-14/h2-4,6-7H,5,8-13,16H2,1H3. The minimum atomic E-state index is 0.350. The number of benzene rings is 1. The molecule has 17 heavy (non-hydrogen) atoms. The third kappa shape index (κ3) is 3.30. The Morgan fingerprint density at radius 2 is 2.06 bits per heavy atom. The first-order valence-electron chi connectivity index (χ1n) is 6.67. The number of hydrogen-bond acceptors (Lipinski definition) is 2. The molecule has 0 aromatic heterocycles. The second kappa shape index (κ2) is 5.65. The molecule has 2 nitrogen and oxygen atoms in total. The van der Waals surface area contributed by atoms with Gasteiger partial charge in [-0.3, -0.25) is 0 Å². The number of nitrogens with zero attached hydrogens (tertiary/aromatic N) is 1. The molecule has 1 unspecified atom stereocenters. The first-order valence-corrected chi connectivity index (χ1v) is 6.67. The van der Waals surface area contributed by atoms with E-state index in [4.69, 9.17) is 5.73 Å². The molecular formula is C15H24N2. The number of likely N-dealkylation sites (tertiary alicyclic amines) is 1. The van der Waals surface area contributed by atoms with Crippen LogP contribution in [-0.2, 0) is 6.42 Å². The van der Waals surface area contributed by atoms with Crippen LogP contribution < -0.4 is 5.73 Å². The maximum atomic E-state index is 6.04. The van der Waals surface area contributed by atoms with Gasteiger partial charge in [-0.15, -0.1) is 0 Å². The molecule has 0 amide bonds. The maximum absolute atomic E-state index is 6.04. The van der Waals surface area contributed by atoms with Crippen LogP contribution in [0.5, 0.6) is 0 Å². The summed E-state index contributed by atoms with van der Waals surface area (Å²) in [6.45, 7) is 3.22. The van der Waals surface area contributed by atoms with Gasteiger partial charge >= 0.3 is 0 Å². The summed E-state index contributed by atoms with van der Waals surface area (Å²) in [7, 11) is 2.21. The molecule has 1 aromatic carbocycles. The quantitative estimate of drug-likeness (QED) is 0.863. The summed E-state index contributed by atoms with van der Waals surface area (Å²) in [5, 5.41) is 0. The zero-order valence-electron chi connectivity index (χ0n) is 10.9. The Morgan fingerprint density at radius 3 is 2.71 bits per heavy atom. The number of rotatable bonds is 4. The molecule has 2 heteroatoms.